The lowest BCUT2D eigenvalue weighted by Crippen LogP contribution is -2.36. The van der Waals surface area contributed by atoms with Crippen molar-refractivity contribution in [1.82, 2.24) is 4.90 Å². The van der Waals surface area contributed by atoms with Gasteiger partial charge in [0.1, 0.15) is 5.60 Å². The maximum atomic E-state index is 11.8. The molecule has 0 unspecified atom stereocenters. The van der Waals surface area contributed by atoms with Crippen LogP contribution in [0.3, 0.4) is 0 Å². The molecular formula is C28H58N2O12. The van der Waals surface area contributed by atoms with E-state index in [1.165, 1.54) is 4.90 Å². The second kappa shape index (κ2) is 31.3. The molecule has 0 radical (unpaired) electrons. The van der Waals surface area contributed by atoms with Crippen molar-refractivity contribution in [3.8, 4) is 0 Å². The van der Waals surface area contributed by atoms with Crippen LogP contribution in [0.2, 0.25) is 0 Å². The Hall–Kier alpha value is -1.17. The Labute approximate surface area is 252 Å². The highest BCUT2D eigenvalue weighted by atomic mass is 16.6. The molecule has 0 atom stereocenters. The highest BCUT2D eigenvalue weighted by molar-refractivity contribution is 5.67. The van der Waals surface area contributed by atoms with Gasteiger partial charge in [-0.15, -0.1) is 0 Å². The number of nitrogens with two attached hydrogens (primary N) is 1. The van der Waals surface area contributed by atoms with Crippen molar-refractivity contribution in [2.45, 2.75) is 26.4 Å². The number of hydrogen-bond acceptors (Lipinski definition) is 13. The first-order chi connectivity index (χ1) is 20.4. The van der Waals surface area contributed by atoms with Gasteiger partial charge in [0.2, 0.25) is 0 Å². The number of nitrogens with zero attached hydrogens (tertiary/aromatic N) is 1. The van der Waals surface area contributed by atoms with E-state index < -0.39 is 5.60 Å². The summed E-state index contributed by atoms with van der Waals surface area (Å²) in [4.78, 5) is 13.3. The summed E-state index contributed by atoms with van der Waals surface area (Å²) in [7, 11) is 1.68. The largest absolute Gasteiger partial charge is 0.444 e. The summed E-state index contributed by atoms with van der Waals surface area (Å²) in [6.45, 7) is 16.5. The maximum absolute atomic E-state index is 11.8. The predicted molar refractivity (Wildman–Crippen MR) is 156 cm³/mol. The van der Waals surface area contributed by atoms with E-state index in [0.29, 0.717) is 145 Å². The Morgan fingerprint density at radius 3 is 0.952 bits per heavy atom. The normalized spacial score (nSPS) is 11.7. The molecule has 0 rings (SSSR count). The molecule has 0 saturated carbocycles. The lowest BCUT2D eigenvalue weighted by molar-refractivity contribution is -0.0266. The van der Waals surface area contributed by atoms with E-state index in [-0.39, 0.29) is 6.09 Å². The molecule has 0 aromatic carbocycles. The second-order valence-electron chi connectivity index (χ2n) is 9.81. The summed E-state index contributed by atoms with van der Waals surface area (Å²) < 4.78 is 59.5. The lowest BCUT2D eigenvalue weighted by atomic mass is 10.2. The quantitative estimate of drug-likeness (QED) is 0.107. The Kier molecular flexibility index (Phi) is 30.4. The van der Waals surface area contributed by atoms with Crippen molar-refractivity contribution in [1.29, 1.82) is 0 Å². The van der Waals surface area contributed by atoms with Gasteiger partial charge in [-0.2, -0.15) is 0 Å². The molecule has 0 heterocycles. The van der Waals surface area contributed by atoms with Gasteiger partial charge in [-0.1, -0.05) is 0 Å². The van der Waals surface area contributed by atoms with Crippen LogP contribution in [-0.4, -0.2) is 169 Å². The van der Waals surface area contributed by atoms with Crippen molar-refractivity contribution in [3.05, 3.63) is 0 Å². The van der Waals surface area contributed by atoms with E-state index in [4.69, 9.17) is 57.8 Å². The lowest BCUT2D eigenvalue weighted by Gasteiger charge is -2.24. The number of rotatable bonds is 32. The Morgan fingerprint density at radius 2 is 0.714 bits per heavy atom. The number of ether oxygens (including phenoxy) is 11. The van der Waals surface area contributed by atoms with E-state index in [0.717, 1.165) is 0 Å². The predicted octanol–water partition coefficient (Wildman–Crippen LogP) is 0.978. The molecular weight excluding hydrogens is 556 g/mol. The molecule has 14 nitrogen and oxygen atoms in total. The van der Waals surface area contributed by atoms with Crippen LogP contribution in [-0.2, 0) is 52.1 Å². The molecule has 2 N–H and O–H groups in total. The summed E-state index contributed by atoms with van der Waals surface area (Å²) in [6, 6.07) is 0. The molecule has 14 heteroatoms. The third kappa shape index (κ3) is 33.3. The van der Waals surface area contributed by atoms with Gasteiger partial charge in [0.05, 0.1) is 132 Å². The van der Waals surface area contributed by atoms with Crippen molar-refractivity contribution in [2.24, 2.45) is 5.73 Å². The minimum Gasteiger partial charge on any atom is -0.444 e. The minimum atomic E-state index is -0.508. The van der Waals surface area contributed by atoms with Gasteiger partial charge in [-0.3, -0.25) is 0 Å². The third-order valence-corrected chi connectivity index (χ3v) is 4.89. The van der Waals surface area contributed by atoms with Crippen LogP contribution in [0.4, 0.5) is 4.79 Å². The summed E-state index contributed by atoms with van der Waals surface area (Å²) >= 11 is 0. The van der Waals surface area contributed by atoms with Crippen molar-refractivity contribution < 1.29 is 56.9 Å². The average Bonchev–Trinajstić information content (AvgIpc) is 2.95. The SMILES string of the molecule is CN(CCOCCOCCOCCOCCOCCOCCOCCOCCOCCOCCN)C(=O)OC(C)(C)C. The number of amides is 1. The van der Waals surface area contributed by atoms with Gasteiger partial charge in [0.25, 0.3) is 0 Å². The number of hydrogen-bond donors (Lipinski definition) is 1. The molecule has 0 spiro atoms. The van der Waals surface area contributed by atoms with Crippen LogP contribution in [0, 0.1) is 0 Å². The van der Waals surface area contributed by atoms with E-state index >= 15 is 0 Å². The maximum Gasteiger partial charge on any atom is 0.410 e. The minimum absolute atomic E-state index is 0.363. The molecule has 0 aliphatic heterocycles. The van der Waals surface area contributed by atoms with Gasteiger partial charge in [-0.25, -0.2) is 4.79 Å². The molecule has 0 aromatic rings. The van der Waals surface area contributed by atoms with Crippen molar-refractivity contribution in [2.75, 3.05) is 152 Å². The molecule has 0 fully saturated rings. The van der Waals surface area contributed by atoms with Crippen LogP contribution in [0.1, 0.15) is 20.8 Å². The van der Waals surface area contributed by atoms with Gasteiger partial charge in [0.15, 0.2) is 0 Å². The first-order valence-electron chi connectivity index (χ1n) is 14.8. The third-order valence-electron chi connectivity index (χ3n) is 4.89. The average molecular weight is 615 g/mol. The Bertz CT molecular complexity index is 569. The highest BCUT2D eigenvalue weighted by Gasteiger charge is 2.19. The number of carbonyl (C=O) groups excluding carboxylic acids is 1. The van der Waals surface area contributed by atoms with Gasteiger partial charge in [0, 0.05) is 20.1 Å². The summed E-state index contributed by atoms with van der Waals surface area (Å²) in [6.07, 6.45) is -0.363. The Morgan fingerprint density at radius 1 is 0.476 bits per heavy atom. The monoisotopic (exact) mass is 614 g/mol. The fourth-order valence-corrected chi connectivity index (χ4v) is 2.80. The first-order valence-corrected chi connectivity index (χ1v) is 14.8. The van der Waals surface area contributed by atoms with Crippen LogP contribution >= 0.6 is 0 Å². The van der Waals surface area contributed by atoms with E-state index in [9.17, 15) is 4.79 Å². The molecule has 0 bridgehead atoms. The zero-order chi connectivity index (χ0) is 31.0. The topological polar surface area (TPSA) is 148 Å². The molecule has 252 valence electrons. The van der Waals surface area contributed by atoms with Crippen LogP contribution in [0.25, 0.3) is 0 Å². The molecule has 1 amide bonds. The number of carbonyl (C=O) groups is 1. The molecule has 0 saturated heterocycles. The molecule has 0 aliphatic rings. The standard InChI is InChI=1S/C28H58N2O12/c1-28(2,3)42-27(31)30(4)6-8-33-10-12-35-14-16-37-18-20-39-22-24-41-26-25-40-23-21-38-19-17-36-15-13-34-11-9-32-7-5-29/h5-26,29H2,1-4H3. The van der Waals surface area contributed by atoms with Gasteiger partial charge < -0.3 is 62.7 Å². The zero-order valence-electron chi connectivity index (χ0n) is 26.5. The van der Waals surface area contributed by atoms with Gasteiger partial charge >= 0.3 is 6.09 Å². The van der Waals surface area contributed by atoms with Crippen LogP contribution < -0.4 is 5.73 Å². The first kappa shape index (κ1) is 40.8. The molecule has 0 aliphatic carbocycles. The van der Waals surface area contributed by atoms with Crippen molar-refractivity contribution >= 4 is 6.09 Å². The molecule has 42 heavy (non-hydrogen) atoms. The van der Waals surface area contributed by atoms with Crippen LogP contribution in [0.15, 0.2) is 0 Å². The summed E-state index contributed by atoms with van der Waals surface area (Å²) in [5.41, 5.74) is 4.82. The van der Waals surface area contributed by atoms with Crippen LogP contribution in [0.5, 0.6) is 0 Å². The smallest absolute Gasteiger partial charge is 0.410 e. The molecule has 0 aromatic heterocycles. The van der Waals surface area contributed by atoms with Crippen molar-refractivity contribution in [3.63, 3.8) is 0 Å². The second-order valence-corrected chi connectivity index (χ2v) is 9.81. The summed E-state index contributed by atoms with van der Waals surface area (Å²) in [5, 5.41) is 0. The Balaban J connectivity index is 3.15. The van der Waals surface area contributed by atoms with E-state index in [1.54, 1.807) is 7.05 Å². The van der Waals surface area contributed by atoms with E-state index in [1.807, 2.05) is 20.8 Å². The van der Waals surface area contributed by atoms with E-state index in [2.05, 4.69) is 0 Å². The number of likely N-dealkylation sites (N-methyl/N-ethyl adjacent to an activating group) is 1. The zero-order valence-corrected chi connectivity index (χ0v) is 26.5. The highest BCUT2D eigenvalue weighted by Crippen LogP contribution is 2.08. The fraction of sp³-hybridized carbons (Fsp3) is 0.964. The summed E-state index contributed by atoms with van der Waals surface area (Å²) in [5.74, 6) is 0. The fourth-order valence-electron chi connectivity index (χ4n) is 2.80. The van der Waals surface area contributed by atoms with Gasteiger partial charge in [-0.05, 0) is 20.8 Å².